The minimum absolute atomic E-state index is 0. The van der Waals surface area contributed by atoms with Crippen LogP contribution in [0, 0.1) is 6.92 Å². The standard InChI is InChI=1S/C20H23ClN4O.ClH/c1-13-2-5-16(10-18(13)21)25-19(15-3-4-15)17(12-24-25)20(26)23-11-14-6-8-22-9-7-14;/h2,5-6,10,12,15,22H,3-4,7-9,11H2,1H3,(H,23,26);1H. The number of amides is 1. The molecule has 7 heteroatoms. The Hall–Kier alpha value is -1.82. The van der Waals surface area contributed by atoms with Gasteiger partial charge < -0.3 is 10.6 Å². The lowest BCUT2D eigenvalue weighted by Crippen LogP contribution is -2.30. The number of rotatable bonds is 5. The molecule has 1 aliphatic carbocycles. The molecule has 0 spiro atoms. The van der Waals surface area contributed by atoms with Crippen molar-refractivity contribution in [2.24, 2.45) is 0 Å². The Balaban J connectivity index is 0.00000210. The van der Waals surface area contributed by atoms with Crippen molar-refractivity contribution in [3.05, 3.63) is 57.9 Å². The highest BCUT2D eigenvalue weighted by molar-refractivity contribution is 6.31. The number of carbonyl (C=O) groups excluding carboxylic acids is 1. The third-order valence-corrected chi connectivity index (χ3v) is 5.46. The molecule has 27 heavy (non-hydrogen) atoms. The molecule has 4 rings (SSSR count). The monoisotopic (exact) mass is 406 g/mol. The summed E-state index contributed by atoms with van der Waals surface area (Å²) >= 11 is 6.28. The van der Waals surface area contributed by atoms with Crippen molar-refractivity contribution in [1.82, 2.24) is 20.4 Å². The van der Waals surface area contributed by atoms with E-state index in [-0.39, 0.29) is 18.3 Å². The van der Waals surface area contributed by atoms with E-state index in [1.165, 1.54) is 5.57 Å². The van der Waals surface area contributed by atoms with Gasteiger partial charge in [-0.1, -0.05) is 29.3 Å². The average molecular weight is 407 g/mol. The van der Waals surface area contributed by atoms with Crippen LogP contribution < -0.4 is 10.6 Å². The minimum atomic E-state index is -0.0456. The fourth-order valence-corrected chi connectivity index (χ4v) is 3.50. The highest BCUT2D eigenvalue weighted by atomic mass is 35.5. The zero-order chi connectivity index (χ0) is 18.1. The normalized spacial score (nSPS) is 16.4. The van der Waals surface area contributed by atoms with Crippen molar-refractivity contribution in [2.75, 3.05) is 19.6 Å². The summed E-state index contributed by atoms with van der Waals surface area (Å²) < 4.78 is 1.88. The van der Waals surface area contributed by atoms with E-state index < -0.39 is 0 Å². The lowest BCUT2D eigenvalue weighted by molar-refractivity contribution is 0.0955. The van der Waals surface area contributed by atoms with Crippen LogP contribution in [0.15, 0.2) is 36.0 Å². The zero-order valence-electron chi connectivity index (χ0n) is 15.3. The van der Waals surface area contributed by atoms with Crippen LogP contribution >= 0.6 is 24.0 Å². The smallest absolute Gasteiger partial charge is 0.255 e. The summed E-state index contributed by atoms with van der Waals surface area (Å²) in [5.41, 5.74) is 4.90. The van der Waals surface area contributed by atoms with Gasteiger partial charge in [0.05, 0.1) is 23.1 Å². The molecule has 0 unspecified atom stereocenters. The molecular formula is C20H24Cl2N4O. The van der Waals surface area contributed by atoms with E-state index >= 15 is 0 Å². The first-order valence-corrected chi connectivity index (χ1v) is 9.52. The molecule has 1 saturated carbocycles. The van der Waals surface area contributed by atoms with Crippen molar-refractivity contribution < 1.29 is 4.79 Å². The molecular weight excluding hydrogens is 383 g/mol. The largest absolute Gasteiger partial charge is 0.348 e. The number of nitrogens with one attached hydrogen (secondary N) is 2. The molecule has 0 atom stereocenters. The predicted molar refractivity (Wildman–Crippen MR) is 110 cm³/mol. The zero-order valence-corrected chi connectivity index (χ0v) is 16.9. The van der Waals surface area contributed by atoms with Gasteiger partial charge in [-0.25, -0.2) is 4.68 Å². The quantitative estimate of drug-likeness (QED) is 0.742. The maximum Gasteiger partial charge on any atom is 0.255 e. The fraction of sp³-hybridized carbons (Fsp3) is 0.400. The number of halogens is 2. The van der Waals surface area contributed by atoms with Crippen molar-refractivity contribution in [2.45, 2.75) is 32.1 Å². The molecule has 1 amide bonds. The van der Waals surface area contributed by atoms with E-state index in [1.54, 1.807) is 6.20 Å². The van der Waals surface area contributed by atoms with Crippen LogP contribution in [0.1, 0.15) is 46.8 Å². The first-order chi connectivity index (χ1) is 12.6. The van der Waals surface area contributed by atoms with Crippen LogP contribution in [0.25, 0.3) is 5.69 Å². The average Bonchev–Trinajstić information content (AvgIpc) is 3.41. The summed E-state index contributed by atoms with van der Waals surface area (Å²) in [4.78, 5) is 12.8. The second-order valence-electron chi connectivity index (χ2n) is 7.06. The second kappa shape index (κ2) is 8.46. The molecule has 5 nitrogen and oxygen atoms in total. The van der Waals surface area contributed by atoms with Gasteiger partial charge in [-0.05, 0) is 50.4 Å². The molecule has 2 heterocycles. The topological polar surface area (TPSA) is 59.0 Å². The minimum Gasteiger partial charge on any atom is -0.348 e. The summed E-state index contributed by atoms with van der Waals surface area (Å²) in [6, 6.07) is 5.90. The second-order valence-corrected chi connectivity index (χ2v) is 7.47. The Morgan fingerprint density at radius 3 is 2.89 bits per heavy atom. The van der Waals surface area contributed by atoms with Gasteiger partial charge in [0.25, 0.3) is 5.91 Å². The van der Waals surface area contributed by atoms with Crippen LogP contribution in [-0.2, 0) is 0 Å². The summed E-state index contributed by atoms with van der Waals surface area (Å²) in [7, 11) is 0. The Bertz CT molecular complexity index is 871. The van der Waals surface area contributed by atoms with Crippen LogP contribution in [-0.4, -0.2) is 35.3 Å². The van der Waals surface area contributed by atoms with Gasteiger partial charge in [0.15, 0.2) is 0 Å². The fourth-order valence-electron chi connectivity index (χ4n) is 3.32. The Kier molecular flexibility index (Phi) is 6.25. The van der Waals surface area contributed by atoms with Gasteiger partial charge >= 0.3 is 0 Å². The number of nitrogens with zero attached hydrogens (tertiary/aromatic N) is 2. The number of benzene rings is 1. The first kappa shape index (κ1) is 19.9. The van der Waals surface area contributed by atoms with E-state index in [4.69, 9.17) is 11.6 Å². The molecule has 144 valence electrons. The Labute approximate surface area is 170 Å². The van der Waals surface area contributed by atoms with E-state index in [1.807, 2.05) is 29.8 Å². The lowest BCUT2D eigenvalue weighted by atomic mass is 10.1. The molecule has 1 fully saturated rings. The van der Waals surface area contributed by atoms with Gasteiger partial charge in [-0.15, -0.1) is 12.4 Å². The highest BCUT2D eigenvalue weighted by Gasteiger charge is 2.33. The van der Waals surface area contributed by atoms with Crippen LogP contribution in [0.3, 0.4) is 0 Å². The summed E-state index contributed by atoms with van der Waals surface area (Å²) in [5, 5.41) is 11.6. The maximum atomic E-state index is 12.8. The van der Waals surface area contributed by atoms with Crippen molar-refractivity contribution in [3.8, 4) is 5.69 Å². The molecule has 0 bridgehead atoms. The third kappa shape index (κ3) is 4.37. The van der Waals surface area contributed by atoms with E-state index in [0.717, 1.165) is 49.3 Å². The molecule has 1 aromatic carbocycles. The number of aryl methyl sites for hydroxylation is 1. The van der Waals surface area contributed by atoms with Crippen molar-refractivity contribution in [3.63, 3.8) is 0 Å². The van der Waals surface area contributed by atoms with Crippen molar-refractivity contribution >= 4 is 29.9 Å². The number of aromatic nitrogens is 2. The first-order valence-electron chi connectivity index (χ1n) is 9.15. The van der Waals surface area contributed by atoms with E-state index in [9.17, 15) is 4.79 Å². The number of hydrogen-bond donors (Lipinski definition) is 2. The van der Waals surface area contributed by atoms with Gasteiger partial charge in [0.2, 0.25) is 0 Å². The van der Waals surface area contributed by atoms with Crippen molar-refractivity contribution in [1.29, 1.82) is 0 Å². The molecule has 1 aromatic heterocycles. The van der Waals surface area contributed by atoms with Gasteiger partial charge in [-0.2, -0.15) is 5.10 Å². The highest BCUT2D eigenvalue weighted by Crippen LogP contribution is 2.42. The predicted octanol–water partition coefficient (Wildman–Crippen LogP) is 3.78. The summed E-state index contributed by atoms with van der Waals surface area (Å²) in [5.74, 6) is 0.354. The van der Waals surface area contributed by atoms with Crippen LogP contribution in [0.4, 0.5) is 0 Å². The summed E-state index contributed by atoms with van der Waals surface area (Å²) in [6.07, 6.45) is 7.03. The van der Waals surface area contributed by atoms with Gasteiger partial charge in [0.1, 0.15) is 0 Å². The Morgan fingerprint density at radius 2 is 2.22 bits per heavy atom. The molecule has 1 aliphatic heterocycles. The van der Waals surface area contributed by atoms with E-state index in [0.29, 0.717) is 23.0 Å². The maximum absolute atomic E-state index is 12.8. The third-order valence-electron chi connectivity index (χ3n) is 5.05. The van der Waals surface area contributed by atoms with Gasteiger partial charge in [-0.3, -0.25) is 4.79 Å². The SMILES string of the molecule is Cc1ccc(-n2ncc(C(=O)NCC3=CCNCC3)c2C2CC2)cc1Cl.Cl. The Morgan fingerprint density at radius 1 is 1.41 bits per heavy atom. The number of hydrogen-bond acceptors (Lipinski definition) is 3. The lowest BCUT2D eigenvalue weighted by Gasteiger charge is -2.15. The molecule has 2 N–H and O–H groups in total. The molecule has 2 aromatic rings. The van der Waals surface area contributed by atoms with Gasteiger partial charge in [0, 0.05) is 24.0 Å². The molecule has 2 aliphatic rings. The van der Waals surface area contributed by atoms with Crippen LogP contribution in [0.5, 0.6) is 0 Å². The molecule has 0 radical (unpaired) electrons. The summed E-state index contributed by atoms with van der Waals surface area (Å²) in [6.45, 7) is 4.43. The van der Waals surface area contributed by atoms with Crippen LogP contribution in [0.2, 0.25) is 5.02 Å². The number of carbonyl (C=O) groups is 1. The molecule has 0 saturated heterocycles. The van der Waals surface area contributed by atoms with E-state index in [2.05, 4.69) is 21.8 Å².